The van der Waals surface area contributed by atoms with Crippen LogP contribution in [0.4, 0.5) is 0 Å². The summed E-state index contributed by atoms with van der Waals surface area (Å²) in [7, 11) is 0. The van der Waals surface area contributed by atoms with Gasteiger partial charge < -0.3 is 4.74 Å². The van der Waals surface area contributed by atoms with Crippen LogP contribution in [0.2, 0.25) is 0 Å². The molecule has 0 heterocycles. The van der Waals surface area contributed by atoms with E-state index in [0.29, 0.717) is 6.10 Å². The van der Waals surface area contributed by atoms with Crippen LogP contribution in [-0.4, -0.2) is 12.7 Å². The van der Waals surface area contributed by atoms with Gasteiger partial charge in [0.05, 0.1) is 6.10 Å². The minimum atomic E-state index is 0.577. The van der Waals surface area contributed by atoms with Gasteiger partial charge in [-0.05, 0) is 75.5 Å². The normalized spacial score (nSPS) is 34.9. The highest BCUT2D eigenvalue weighted by Crippen LogP contribution is 2.40. The molecule has 0 saturated heterocycles. The summed E-state index contributed by atoms with van der Waals surface area (Å²) in [5, 5.41) is 0. The molecule has 116 valence electrons. The molecule has 0 aromatic carbocycles. The number of rotatable bonds is 7. The first-order valence-corrected chi connectivity index (χ1v) is 9.07. The summed E-state index contributed by atoms with van der Waals surface area (Å²) in [6, 6.07) is 0. The minimum Gasteiger partial charge on any atom is -0.378 e. The van der Waals surface area contributed by atoms with E-state index in [0.717, 1.165) is 24.4 Å². The molecule has 20 heavy (non-hydrogen) atoms. The predicted molar refractivity (Wildman–Crippen MR) is 86.9 cm³/mol. The smallest absolute Gasteiger partial charge is 0.0575 e. The molecule has 2 aliphatic carbocycles. The van der Waals surface area contributed by atoms with Crippen LogP contribution >= 0.6 is 0 Å². The Labute approximate surface area is 126 Å². The second kappa shape index (κ2) is 8.87. The summed E-state index contributed by atoms with van der Waals surface area (Å²) < 4.78 is 6.04. The molecule has 0 atom stereocenters. The summed E-state index contributed by atoms with van der Waals surface area (Å²) in [6.45, 7) is 7.21. The maximum Gasteiger partial charge on any atom is 0.0575 e. The largest absolute Gasteiger partial charge is 0.378 e. The van der Waals surface area contributed by atoms with Crippen LogP contribution < -0.4 is 0 Å². The number of hydrogen-bond donors (Lipinski definition) is 0. The van der Waals surface area contributed by atoms with Crippen molar-refractivity contribution in [1.82, 2.24) is 0 Å². The summed E-state index contributed by atoms with van der Waals surface area (Å²) >= 11 is 0. The van der Waals surface area contributed by atoms with Crippen LogP contribution in [0.3, 0.4) is 0 Å². The molecule has 2 aliphatic rings. The number of hydrogen-bond acceptors (Lipinski definition) is 1. The van der Waals surface area contributed by atoms with Gasteiger partial charge in [-0.3, -0.25) is 0 Å². The Morgan fingerprint density at radius 3 is 2.05 bits per heavy atom. The topological polar surface area (TPSA) is 9.23 Å². The number of ether oxygens (including phenoxy) is 1. The van der Waals surface area contributed by atoms with Gasteiger partial charge in [0, 0.05) is 6.61 Å². The van der Waals surface area contributed by atoms with Crippen molar-refractivity contribution in [2.45, 2.75) is 83.7 Å². The third-order valence-electron chi connectivity index (χ3n) is 5.64. The van der Waals surface area contributed by atoms with Gasteiger partial charge in [-0.1, -0.05) is 25.8 Å². The van der Waals surface area contributed by atoms with Crippen LogP contribution in [-0.2, 0) is 4.74 Å². The molecule has 0 aromatic rings. The molecule has 0 bridgehead atoms. The van der Waals surface area contributed by atoms with E-state index in [1.165, 1.54) is 70.6 Å². The van der Waals surface area contributed by atoms with Crippen molar-refractivity contribution >= 4 is 0 Å². The van der Waals surface area contributed by atoms with Crippen LogP contribution in [0.5, 0.6) is 0 Å². The number of unbranched alkanes of at least 4 members (excludes halogenated alkanes) is 2. The fourth-order valence-corrected chi connectivity index (χ4v) is 4.18. The molecule has 0 unspecified atom stereocenters. The van der Waals surface area contributed by atoms with E-state index >= 15 is 0 Å². The Kier molecular flexibility index (Phi) is 7.13. The quantitative estimate of drug-likeness (QED) is 0.426. The lowest BCUT2D eigenvalue weighted by Crippen LogP contribution is -2.28. The summed E-state index contributed by atoms with van der Waals surface area (Å²) in [5.41, 5.74) is 0. The molecule has 1 heteroatoms. The molecular weight excluding hydrogens is 244 g/mol. The van der Waals surface area contributed by atoms with E-state index in [1.807, 2.05) is 0 Å². The van der Waals surface area contributed by atoms with Crippen LogP contribution in [0, 0.1) is 17.8 Å². The molecule has 0 aromatic heterocycles. The second-order valence-electron chi connectivity index (χ2n) is 7.03. The first-order chi connectivity index (χ1) is 9.83. The van der Waals surface area contributed by atoms with Crippen molar-refractivity contribution in [3.8, 4) is 0 Å². The Balaban J connectivity index is 1.60. The molecule has 0 radical (unpaired) electrons. The maximum absolute atomic E-state index is 6.04. The zero-order valence-corrected chi connectivity index (χ0v) is 13.5. The first-order valence-electron chi connectivity index (χ1n) is 9.07. The fourth-order valence-electron chi connectivity index (χ4n) is 4.18. The van der Waals surface area contributed by atoms with Gasteiger partial charge in [0.25, 0.3) is 0 Å². The average molecular weight is 278 g/mol. The molecule has 0 aliphatic heterocycles. The summed E-state index contributed by atoms with van der Waals surface area (Å²) in [4.78, 5) is 0. The molecule has 2 saturated carbocycles. The van der Waals surface area contributed by atoms with E-state index in [1.54, 1.807) is 0 Å². The first kappa shape index (κ1) is 16.1. The molecule has 2 rings (SSSR count). The van der Waals surface area contributed by atoms with Crippen molar-refractivity contribution < 1.29 is 4.74 Å². The zero-order chi connectivity index (χ0) is 14.2. The summed E-state index contributed by atoms with van der Waals surface area (Å²) in [5.74, 6) is 2.81. The second-order valence-corrected chi connectivity index (χ2v) is 7.03. The van der Waals surface area contributed by atoms with E-state index in [-0.39, 0.29) is 0 Å². The lowest BCUT2D eigenvalue weighted by atomic mass is 9.70. The molecule has 0 N–H and O–H groups in total. The Morgan fingerprint density at radius 2 is 1.50 bits per heavy atom. The van der Waals surface area contributed by atoms with Crippen molar-refractivity contribution in [3.05, 3.63) is 12.7 Å². The minimum absolute atomic E-state index is 0.577. The van der Waals surface area contributed by atoms with E-state index in [9.17, 15) is 0 Å². The monoisotopic (exact) mass is 278 g/mol. The SMILES string of the molecule is C=C[C@H]1CC[C@H]([C@H]2CC[C@H](OCCCCC)CC2)CC1. The highest BCUT2D eigenvalue weighted by Gasteiger charge is 2.30. The Morgan fingerprint density at radius 1 is 0.900 bits per heavy atom. The Bertz CT molecular complexity index is 257. The zero-order valence-electron chi connectivity index (χ0n) is 13.5. The predicted octanol–water partition coefficient (Wildman–Crippen LogP) is 5.74. The molecule has 1 nitrogen and oxygen atoms in total. The van der Waals surface area contributed by atoms with Gasteiger partial charge in [-0.15, -0.1) is 6.58 Å². The molecule has 0 amide bonds. The van der Waals surface area contributed by atoms with Gasteiger partial charge in [0.15, 0.2) is 0 Å². The van der Waals surface area contributed by atoms with Gasteiger partial charge in [-0.2, -0.15) is 0 Å². The highest BCUT2D eigenvalue weighted by atomic mass is 16.5. The molecular formula is C19H34O. The van der Waals surface area contributed by atoms with E-state index in [4.69, 9.17) is 4.74 Å². The van der Waals surface area contributed by atoms with E-state index in [2.05, 4.69) is 19.6 Å². The molecule has 2 fully saturated rings. The third-order valence-corrected chi connectivity index (χ3v) is 5.64. The van der Waals surface area contributed by atoms with Gasteiger partial charge in [0.2, 0.25) is 0 Å². The lowest BCUT2D eigenvalue weighted by molar-refractivity contribution is 0.00607. The van der Waals surface area contributed by atoms with Crippen molar-refractivity contribution in [2.75, 3.05) is 6.61 Å². The average Bonchev–Trinajstić information content (AvgIpc) is 2.52. The van der Waals surface area contributed by atoms with Crippen molar-refractivity contribution in [3.63, 3.8) is 0 Å². The van der Waals surface area contributed by atoms with E-state index < -0.39 is 0 Å². The van der Waals surface area contributed by atoms with Crippen LogP contribution in [0.15, 0.2) is 12.7 Å². The molecule has 0 spiro atoms. The van der Waals surface area contributed by atoms with Crippen molar-refractivity contribution in [1.29, 1.82) is 0 Å². The summed E-state index contributed by atoms with van der Waals surface area (Å²) in [6.07, 6.45) is 17.8. The fraction of sp³-hybridized carbons (Fsp3) is 0.895. The van der Waals surface area contributed by atoms with Gasteiger partial charge in [-0.25, -0.2) is 0 Å². The van der Waals surface area contributed by atoms with Gasteiger partial charge in [0.1, 0.15) is 0 Å². The van der Waals surface area contributed by atoms with Crippen LogP contribution in [0.25, 0.3) is 0 Å². The van der Waals surface area contributed by atoms with Crippen molar-refractivity contribution in [2.24, 2.45) is 17.8 Å². The Hall–Kier alpha value is -0.300. The maximum atomic E-state index is 6.04. The third kappa shape index (κ3) is 4.91. The van der Waals surface area contributed by atoms with Gasteiger partial charge >= 0.3 is 0 Å². The highest BCUT2D eigenvalue weighted by molar-refractivity contribution is 4.87. The van der Waals surface area contributed by atoms with Crippen LogP contribution in [0.1, 0.15) is 77.6 Å². The number of allylic oxidation sites excluding steroid dienone is 1. The standard InChI is InChI=1S/C19H34O/c1-3-5-6-15-20-19-13-11-18(12-14-19)17-9-7-16(4-2)8-10-17/h4,16-19H,2-3,5-15H2,1H3/t16-,17-,18-,19-. The lowest BCUT2D eigenvalue weighted by Gasteiger charge is -2.37.